The fourth-order valence-corrected chi connectivity index (χ4v) is 11.3. The molecule has 0 bridgehead atoms. The maximum Gasteiger partial charge on any atom is 0.339 e. The molecule has 6 N–H and O–H groups in total. The van der Waals surface area contributed by atoms with Crippen molar-refractivity contribution in [1.82, 2.24) is 29.9 Å². The van der Waals surface area contributed by atoms with Crippen molar-refractivity contribution in [1.29, 1.82) is 0 Å². The first-order valence-electron chi connectivity index (χ1n) is 27.8. The highest BCUT2D eigenvalue weighted by molar-refractivity contribution is 5.97. The lowest BCUT2D eigenvalue weighted by Crippen LogP contribution is -2.21. The van der Waals surface area contributed by atoms with Crippen LogP contribution in [0.2, 0.25) is 0 Å². The first-order chi connectivity index (χ1) is 37.0. The fourth-order valence-electron chi connectivity index (χ4n) is 11.3. The quantitative estimate of drug-likeness (QED) is 0.0508. The number of nitrogens with one attached hydrogen (secondary N) is 3. The van der Waals surface area contributed by atoms with Gasteiger partial charge in [0, 0.05) is 94.0 Å². The number of carboxylic acid groups (broad SMARTS) is 1. The third-order valence-corrected chi connectivity index (χ3v) is 15.2. The minimum absolute atomic E-state index is 0.0293. The summed E-state index contributed by atoms with van der Waals surface area (Å²) in [4.78, 5) is 80.4. The molecule has 4 saturated carbocycles. The van der Waals surface area contributed by atoms with Crippen molar-refractivity contribution in [2.45, 2.75) is 166 Å². The van der Waals surface area contributed by atoms with Crippen LogP contribution in [0.3, 0.4) is 0 Å². The largest absolute Gasteiger partial charge is 0.478 e. The highest BCUT2D eigenvalue weighted by atomic mass is 16.5. The molecule has 0 aromatic carbocycles. The summed E-state index contributed by atoms with van der Waals surface area (Å²) in [6, 6.07) is 17.1. The van der Waals surface area contributed by atoms with Crippen LogP contribution in [0.15, 0.2) is 91.8 Å². The molecule has 0 aliphatic heterocycles. The highest BCUT2D eigenvalue weighted by Crippen LogP contribution is 2.39. The third-order valence-electron chi connectivity index (χ3n) is 15.2. The second-order valence-electron chi connectivity index (χ2n) is 20.4. The molecule has 15 nitrogen and oxygen atoms in total. The number of aromatic amines is 3. The third kappa shape index (κ3) is 15.9. The van der Waals surface area contributed by atoms with Gasteiger partial charge in [0.1, 0.15) is 12.2 Å². The van der Waals surface area contributed by atoms with Crippen molar-refractivity contribution in [2.75, 3.05) is 13.2 Å². The van der Waals surface area contributed by atoms with E-state index in [2.05, 4.69) is 29.9 Å². The molecule has 10 rings (SSSR count). The normalized spacial score (nSPS) is 16.3. The average molecular weight is 1040 g/mol. The summed E-state index contributed by atoms with van der Waals surface area (Å²) in [7, 11) is 0. The Morgan fingerprint density at radius 3 is 1.21 bits per heavy atom. The van der Waals surface area contributed by atoms with Crippen molar-refractivity contribution >= 4 is 29.6 Å². The summed E-state index contributed by atoms with van der Waals surface area (Å²) < 4.78 is 9.98. The number of primary amides is 1. The van der Waals surface area contributed by atoms with E-state index in [1.165, 1.54) is 64.2 Å². The van der Waals surface area contributed by atoms with E-state index in [0.29, 0.717) is 47.7 Å². The average Bonchev–Trinajstić information content (AvgIpc) is 4.25. The van der Waals surface area contributed by atoms with Crippen molar-refractivity contribution in [3.8, 4) is 33.8 Å². The van der Waals surface area contributed by atoms with Crippen LogP contribution in [-0.4, -0.2) is 77.8 Å². The first kappa shape index (κ1) is 56.6. The second-order valence-corrected chi connectivity index (χ2v) is 20.4. The summed E-state index contributed by atoms with van der Waals surface area (Å²) in [5, 5.41) is 9.42. The van der Waals surface area contributed by atoms with Gasteiger partial charge in [0.15, 0.2) is 0 Å². The Morgan fingerprint density at radius 2 is 0.842 bits per heavy atom. The maximum atomic E-state index is 12.3. The Labute approximate surface area is 447 Å². The van der Waals surface area contributed by atoms with E-state index in [0.717, 1.165) is 115 Å². The molecule has 4 aliphatic carbocycles. The number of carboxylic acids is 1. The van der Waals surface area contributed by atoms with Gasteiger partial charge >= 0.3 is 17.9 Å². The standard InChI is InChI=1S/C18H22N2O2.C16H19N3O.C16H18N2O2.C11H18O3/c1-2-22-18(21)15-12-16(13-8-10-19-11-9-13)20-17(15)14-6-4-3-5-7-14;17-16(20)13-10-14(11-6-8-18-9-7-11)19-15(13)12-4-2-1-3-5-12;19-16(20)13-10-14(11-6-8-17-9-7-11)18-15(13)12-4-2-1-3-5-12;1-2-14-11(13)8-10(12)9-6-4-3-5-7-9/h8-12,14,20H,2-7H2,1H3;6-10,12,19H,1-5H2,(H2,17,20);6-10,12,18H,1-5H2,(H,19,20);9H,2-8H2,1H3. The molecule has 6 aromatic heterocycles. The SMILES string of the molecule is CCOC(=O)CC(=O)C1CCCCC1.CCOC(=O)c1cc(-c2ccncc2)[nH]c1C1CCCCC1.NC(=O)c1cc(-c2ccncc2)[nH]c1C1CCCCC1.O=C(O)c1cc(-c2ccncc2)[nH]c1C1CCCCC1. The lowest BCUT2D eigenvalue weighted by atomic mass is 9.85. The summed E-state index contributed by atoms with van der Waals surface area (Å²) >= 11 is 0. The van der Waals surface area contributed by atoms with E-state index >= 15 is 0 Å². The van der Waals surface area contributed by atoms with Crippen LogP contribution in [0.5, 0.6) is 0 Å². The molecule has 6 heterocycles. The van der Waals surface area contributed by atoms with Crippen molar-refractivity contribution < 1.29 is 38.6 Å². The Morgan fingerprint density at radius 1 is 0.500 bits per heavy atom. The topological polar surface area (TPSA) is 236 Å². The van der Waals surface area contributed by atoms with Crippen LogP contribution in [0, 0.1) is 5.92 Å². The molecule has 0 radical (unpaired) electrons. The molecule has 4 fully saturated rings. The smallest absolute Gasteiger partial charge is 0.339 e. The van der Waals surface area contributed by atoms with Gasteiger partial charge in [0.2, 0.25) is 0 Å². The number of hydrogen-bond acceptors (Lipinski definition) is 10. The minimum Gasteiger partial charge on any atom is -0.478 e. The van der Waals surface area contributed by atoms with E-state index in [-0.39, 0.29) is 36.0 Å². The summed E-state index contributed by atoms with van der Waals surface area (Å²) in [5.41, 5.74) is 16.1. The van der Waals surface area contributed by atoms with E-state index in [1.54, 1.807) is 50.2 Å². The molecule has 0 unspecified atom stereocenters. The van der Waals surface area contributed by atoms with Gasteiger partial charge in [-0.05, 0) is 138 Å². The maximum absolute atomic E-state index is 12.3. The number of aromatic carboxylic acids is 1. The Bertz CT molecular complexity index is 2650. The number of amides is 1. The molecule has 4 aliphatic rings. The van der Waals surface area contributed by atoms with Crippen molar-refractivity contribution in [3.63, 3.8) is 0 Å². The Kier molecular flexibility index (Phi) is 21.7. The molecule has 404 valence electrons. The van der Waals surface area contributed by atoms with Crippen LogP contribution in [0.4, 0.5) is 0 Å². The number of hydrogen-bond donors (Lipinski definition) is 5. The van der Waals surface area contributed by atoms with E-state index < -0.39 is 5.97 Å². The van der Waals surface area contributed by atoms with Crippen LogP contribution in [-0.2, 0) is 19.1 Å². The molecule has 0 spiro atoms. The number of pyridine rings is 3. The zero-order chi connectivity index (χ0) is 53.7. The number of aromatic nitrogens is 6. The van der Waals surface area contributed by atoms with Gasteiger partial charge in [0.05, 0.1) is 29.9 Å². The number of carbonyl (C=O) groups excluding carboxylic acids is 4. The number of esters is 2. The zero-order valence-electron chi connectivity index (χ0n) is 44.5. The number of Topliss-reactive ketones (excluding diaryl/α,β-unsaturated/α-hetero) is 1. The zero-order valence-corrected chi connectivity index (χ0v) is 44.5. The van der Waals surface area contributed by atoms with Crippen molar-refractivity contribution in [3.05, 3.63) is 126 Å². The number of nitrogens with two attached hydrogens (primary N) is 1. The van der Waals surface area contributed by atoms with Gasteiger partial charge in [-0.2, -0.15) is 0 Å². The summed E-state index contributed by atoms with van der Waals surface area (Å²) in [6.07, 6.45) is 33.7. The highest BCUT2D eigenvalue weighted by Gasteiger charge is 2.28. The lowest BCUT2D eigenvalue weighted by Gasteiger charge is -2.21. The number of ketones is 1. The van der Waals surface area contributed by atoms with Gasteiger partial charge in [-0.3, -0.25) is 29.3 Å². The predicted molar refractivity (Wildman–Crippen MR) is 294 cm³/mol. The Hall–Kier alpha value is -7.16. The van der Waals surface area contributed by atoms with Crippen LogP contribution in [0.25, 0.3) is 33.8 Å². The van der Waals surface area contributed by atoms with Crippen LogP contribution < -0.4 is 5.73 Å². The van der Waals surface area contributed by atoms with E-state index in [9.17, 15) is 29.1 Å². The van der Waals surface area contributed by atoms with E-state index in [1.807, 2.05) is 55.5 Å². The molecular weight excluding hydrogens is 959 g/mol. The number of nitrogens with zero attached hydrogens (tertiary/aromatic N) is 3. The molecule has 0 atom stereocenters. The molecule has 76 heavy (non-hydrogen) atoms. The summed E-state index contributed by atoms with van der Waals surface area (Å²) in [5.74, 6) is -0.376. The lowest BCUT2D eigenvalue weighted by molar-refractivity contribution is -0.146. The molecule has 6 aromatic rings. The number of ether oxygens (including phenoxy) is 2. The first-order valence-corrected chi connectivity index (χ1v) is 27.8. The fraction of sp³-hybridized carbons (Fsp3) is 0.475. The minimum atomic E-state index is -0.845. The summed E-state index contributed by atoms with van der Waals surface area (Å²) in [6.45, 7) is 4.35. The molecular formula is C61H77N7O8. The predicted octanol–water partition coefficient (Wildman–Crippen LogP) is 13.4. The molecule has 15 heteroatoms. The Balaban J connectivity index is 0.000000149. The van der Waals surface area contributed by atoms with Gasteiger partial charge in [-0.1, -0.05) is 77.0 Å². The second kappa shape index (κ2) is 29.2. The van der Waals surface area contributed by atoms with Crippen LogP contribution in [0.1, 0.15) is 215 Å². The van der Waals surface area contributed by atoms with E-state index in [4.69, 9.17) is 15.2 Å². The van der Waals surface area contributed by atoms with Crippen molar-refractivity contribution in [2.24, 2.45) is 11.7 Å². The van der Waals surface area contributed by atoms with Gasteiger partial charge in [-0.25, -0.2) is 9.59 Å². The number of rotatable bonds is 14. The number of carbonyl (C=O) groups is 5. The van der Waals surface area contributed by atoms with Gasteiger partial charge in [-0.15, -0.1) is 0 Å². The monoisotopic (exact) mass is 1040 g/mol. The number of H-pyrrole nitrogens is 3. The van der Waals surface area contributed by atoms with Gasteiger partial charge < -0.3 is 35.3 Å². The van der Waals surface area contributed by atoms with Crippen LogP contribution >= 0.6 is 0 Å². The molecule has 0 saturated heterocycles. The van der Waals surface area contributed by atoms with Gasteiger partial charge in [0.25, 0.3) is 5.91 Å². The molecule has 1 amide bonds.